The fraction of sp³-hybridized carbons (Fsp3) is 0.440. The summed E-state index contributed by atoms with van der Waals surface area (Å²) in [4.78, 5) is 29.9. The number of thiol groups is 1. The number of carbonyl (C=O) groups excluding carboxylic acids is 1. The number of carboxylic acids is 1. The van der Waals surface area contributed by atoms with E-state index in [2.05, 4.69) is 31.4 Å². The van der Waals surface area contributed by atoms with Crippen molar-refractivity contribution in [3.8, 4) is 0 Å². The number of carboxylic acid groups (broad SMARTS) is 1. The maximum absolute atomic E-state index is 13.4. The van der Waals surface area contributed by atoms with E-state index in [1.807, 2.05) is 29.2 Å². The van der Waals surface area contributed by atoms with Gasteiger partial charge in [-0.15, -0.1) is 12.6 Å². The molecule has 5 nitrogen and oxygen atoms in total. The zero-order chi connectivity index (χ0) is 22.4. The van der Waals surface area contributed by atoms with Crippen LogP contribution in [0, 0.1) is 5.92 Å². The molecule has 1 saturated heterocycles. The molecule has 0 atom stereocenters. The summed E-state index contributed by atoms with van der Waals surface area (Å²) in [5.74, 6) is -0.240. The molecule has 0 radical (unpaired) electrons. The maximum Gasteiger partial charge on any atom is 0.335 e. The van der Waals surface area contributed by atoms with E-state index in [-0.39, 0.29) is 17.5 Å². The molecule has 166 valence electrons. The Labute approximate surface area is 190 Å². The highest BCUT2D eigenvalue weighted by atomic mass is 32.1. The Morgan fingerprint density at radius 1 is 1.03 bits per heavy atom. The summed E-state index contributed by atoms with van der Waals surface area (Å²) in [6, 6.07) is 14.3. The van der Waals surface area contributed by atoms with Gasteiger partial charge in [0, 0.05) is 36.1 Å². The number of piperidine rings is 1. The molecule has 2 aromatic rings. The predicted molar refractivity (Wildman–Crippen MR) is 126 cm³/mol. The van der Waals surface area contributed by atoms with E-state index in [1.54, 1.807) is 24.3 Å². The van der Waals surface area contributed by atoms with Crippen LogP contribution in [-0.4, -0.2) is 52.5 Å². The van der Waals surface area contributed by atoms with E-state index in [0.717, 1.165) is 42.9 Å². The molecule has 0 unspecified atom stereocenters. The lowest BCUT2D eigenvalue weighted by Gasteiger charge is -2.39. The highest BCUT2D eigenvalue weighted by Crippen LogP contribution is 2.23. The molecule has 2 aromatic carbocycles. The molecule has 1 aliphatic heterocycles. The summed E-state index contributed by atoms with van der Waals surface area (Å²) in [7, 11) is 0. The number of hydrogen-bond acceptors (Lipinski definition) is 4. The molecule has 1 heterocycles. The highest BCUT2D eigenvalue weighted by Gasteiger charge is 2.28. The summed E-state index contributed by atoms with van der Waals surface area (Å²) >= 11 is 4.33. The van der Waals surface area contributed by atoms with Gasteiger partial charge in [0.05, 0.1) is 5.56 Å². The number of aromatic carboxylic acids is 1. The minimum absolute atomic E-state index is 0.0104. The third-order valence-corrected chi connectivity index (χ3v) is 6.25. The van der Waals surface area contributed by atoms with Crippen molar-refractivity contribution >= 4 is 24.5 Å². The smallest absolute Gasteiger partial charge is 0.335 e. The number of rotatable bonds is 8. The molecule has 0 aromatic heterocycles. The van der Waals surface area contributed by atoms with Gasteiger partial charge in [0.25, 0.3) is 5.91 Å². The molecule has 1 aliphatic rings. The zero-order valence-electron chi connectivity index (χ0n) is 18.3. The fourth-order valence-electron chi connectivity index (χ4n) is 3.98. The van der Waals surface area contributed by atoms with Gasteiger partial charge in [-0.2, -0.15) is 0 Å². The molecule has 3 rings (SSSR count). The minimum Gasteiger partial charge on any atom is -0.478 e. The van der Waals surface area contributed by atoms with E-state index in [4.69, 9.17) is 5.11 Å². The van der Waals surface area contributed by atoms with Crippen LogP contribution in [-0.2, 0) is 6.54 Å². The number of nitrogens with zero attached hydrogens (tertiary/aromatic N) is 2. The molecule has 31 heavy (non-hydrogen) atoms. The molecule has 0 spiro atoms. The van der Waals surface area contributed by atoms with Crippen molar-refractivity contribution in [1.29, 1.82) is 0 Å². The normalized spacial score (nSPS) is 15.2. The number of carbonyl (C=O) groups is 2. The molecule has 6 heteroatoms. The van der Waals surface area contributed by atoms with Crippen LogP contribution in [0.25, 0.3) is 0 Å². The van der Waals surface area contributed by atoms with Crippen LogP contribution in [0.3, 0.4) is 0 Å². The van der Waals surface area contributed by atoms with Crippen molar-refractivity contribution in [1.82, 2.24) is 9.80 Å². The minimum atomic E-state index is -0.944. The average molecular weight is 441 g/mol. The summed E-state index contributed by atoms with van der Waals surface area (Å²) in [5.41, 5.74) is 1.85. The standard InChI is InChI=1S/C25H32N2O3S/c1-18(2)11-14-26-15-12-22(13-16-26)27(24(28)20-7-9-23(31)10-8-20)17-19-3-5-21(6-4-19)25(29)30/h3-10,18,22,31H,11-17H2,1-2H3,(H,29,30). The van der Waals surface area contributed by atoms with E-state index < -0.39 is 5.97 Å². The van der Waals surface area contributed by atoms with Gasteiger partial charge in [-0.1, -0.05) is 26.0 Å². The summed E-state index contributed by atoms with van der Waals surface area (Å²) < 4.78 is 0. The van der Waals surface area contributed by atoms with Gasteiger partial charge in [0.15, 0.2) is 0 Å². The molecular formula is C25H32N2O3S. The van der Waals surface area contributed by atoms with Crippen molar-refractivity contribution in [2.24, 2.45) is 5.92 Å². The Balaban J connectivity index is 1.75. The largest absolute Gasteiger partial charge is 0.478 e. The van der Waals surface area contributed by atoms with Crippen molar-refractivity contribution in [3.63, 3.8) is 0 Å². The summed E-state index contributed by atoms with van der Waals surface area (Å²) in [6.07, 6.45) is 3.09. The second-order valence-corrected chi connectivity index (χ2v) is 9.25. The lowest BCUT2D eigenvalue weighted by molar-refractivity contribution is 0.0545. The Bertz CT molecular complexity index is 873. The molecule has 0 saturated carbocycles. The second-order valence-electron chi connectivity index (χ2n) is 8.74. The van der Waals surface area contributed by atoms with Crippen LogP contribution in [0.1, 0.15) is 59.4 Å². The maximum atomic E-state index is 13.4. The van der Waals surface area contributed by atoms with Gasteiger partial charge < -0.3 is 14.9 Å². The van der Waals surface area contributed by atoms with Gasteiger partial charge in [-0.3, -0.25) is 4.79 Å². The van der Waals surface area contributed by atoms with Crippen LogP contribution in [0.5, 0.6) is 0 Å². The van der Waals surface area contributed by atoms with Crippen molar-refractivity contribution in [3.05, 3.63) is 65.2 Å². The first-order valence-electron chi connectivity index (χ1n) is 11.0. The van der Waals surface area contributed by atoms with Gasteiger partial charge in [0.1, 0.15) is 0 Å². The van der Waals surface area contributed by atoms with E-state index in [1.165, 1.54) is 6.42 Å². The number of likely N-dealkylation sites (tertiary alicyclic amines) is 1. The highest BCUT2D eigenvalue weighted by molar-refractivity contribution is 7.80. The fourth-order valence-corrected chi connectivity index (χ4v) is 4.13. The lowest BCUT2D eigenvalue weighted by Crippen LogP contribution is -2.47. The SMILES string of the molecule is CC(C)CCN1CCC(N(Cc2ccc(C(=O)O)cc2)C(=O)c2ccc(S)cc2)CC1. The third kappa shape index (κ3) is 6.58. The van der Waals surface area contributed by atoms with Crippen LogP contribution in [0.2, 0.25) is 0 Å². The Morgan fingerprint density at radius 3 is 2.16 bits per heavy atom. The molecule has 1 amide bonds. The average Bonchev–Trinajstić information content (AvgIpc) is 2.77. The van der Waals surface area contributed by atoms with Gasteiger partial charge in [0.2, 0.25) is 0 Å². The Kier molecular flexibility index (Phi) is 8.15. The van der Waals surface area contributed by atoms with Gasteiger partial charge in [-0.05, 0) is 73.7 Å². The van der Waals surface area contributed by atoms with Crippen molar-refractivity contribution in [2.45, 2.75) is 50.6 Å². The Morgan fingerprint density at radius 2 is 1.61 bits per heavy atom. The molecule has 0 aliphatic carbocycles. The zero-order valence-corrected chi connectivity index (χ0v) is 19.2. The quantitative estimate of drug-likeness (QED) is 0.578. The van der Waals surface area contributed by atoms with Crippen LogP contribution >= 0.6 is 12.6 Å². The number of hydrogen-bond donors (Lipinski definition) is 2. The van der Waals surface area contributed by atoms with Gasteiger partial charge >= 0.3 is 5.97 Å². The van der Waals surface area contributed by atoms with E-state index >= 15 is 0 Å². The summed E-state index contributed by atoms with van der Waals surface area (Å²) in [5, 5.41) is 9.15. The number of amides is 1. The topological polar surface area (TPSA) is 60.9 Å². The molecule has 0 bridgehead atoms. The van der Waals surface area contributed by atoms with Crippen LogP contribution in [0.4, 0.5) is 0 Å². The molecular weight excluding hydrogens is 408 g/mol. The molecule has 1 fully saturated rings. The lowest BCUT2D eigenvalue weighted by atomic mass is 9.99. The number of benzene rings is 2. The first kappa shape index (κ1) is 23.4. The third-order valence-electron chi connectivity index (χ3n) is 5.95. The van der Waals surface area contributed by atoms with Crippen LogP contribution < -0.4 is 0 Å². The van der Waals surface area contributed by atoms with Crippen LogP contribution in [0.15, 0.2) is 53.4 Å². The first-order valence-corrected chi connectivity index (χ1v) is 11.4. The van der Waals surface area contributed by atoms with Crippen molar-refractivity contribution < 1.29 is 14.7 Å². The first-order chi connectivity index (χ1) is 14.8. The van der Waals surface area contributed by atoms with E-state index in [9.17, 15) is 9.59 Å². The summed E-state index contributed by atoms with van der Waals surface area (Å²) in [6.45, 7) is 8.07. The Hall–Kier alpha value is -2.31. The van der Waals surface area contributed by atoms with E-state index in [0.29, 0.717) is 18.0 Å². The monoisotopic (exact) mass is 440 g/mol. The molecule has 1 N–H and O–H groups in total. The van der Waals surface area contributed by atoms with Gasteiger partial charge in [-0.25, -0.2) is 4.79 Å². The second kappa shape index (κ2) is 10.8. The van der Waals surface area contributed by atoms with Crippen molar-refractivity contribution in [2.75, 3.05) is 19.6 Å². The predicted octanol–water partition coefficient (Wildman–Crippen LogP) is 4.83.